The minimum atomic E-state index is -0.706. The first-order valence-electron chi connectivity index (χ1n) is 7.87. The highest BCUT2D eigenvalue weighted by Gasteiger charge is 2.21. The highest BCUT2D eigenvalue weighted by molar-refractivity contribution is 6.02. The van der Waals surface area contributed by atoms with Crippen molar-refractivity contribution in [3.8, 4) is 0 Å². The van der Waals surface area contributed by atoms with E-state index in [1.165, 1.54) is 6.08 Å². The van der Waals surface area contributed by atoms with E-state index >= 15 is 0 Å². The summed E-state index contributed by atoms with van der Waals surface area (Å²) >= 11 is 0. The second-order valence-electron chi connectivity index (χ2n) is 5.69. The van der Waals surface area contributed by atoms with E-state index < -0.39 is 17.5 Å². The maximum absolute atomic E-state index is 13.5. The van der Waals surface area contributed by atoms with Crippen LogP contribution in [0.1, 0.15) is 18.4 Å². The Labute approximate surface area is 143 Å². The molecule has 1 aliphatic heterocycles. The molecule has 2 aromatic rings. The number of anilines is 2. The Bertz CT molecular complexity index is 832. The molecule has 0 spiro atoms. The summed E-state index contributed by atoms with van der Waals surface area (Å²) in [6, 6.07) is 10.0. The minimum absolute atomic E-state index is 0.111. The van der Waals surface area contributed by atoms with Gasteiger partial charge in [0.1, 0.15) is 11.6 Å². The Morgan fingerprint density at radius 1 is 1.12 bits per heavy atom. The number of carbonyl (C=O) groups excluding carboxylic acids is 2. The number of hydrogen-bond acceptors (Lipinski definition) is 2. The van der Waals surface area contributed by atoms with Crippen LogP contribution in [0.2, 0.25) is 0 Å². The minimum Gasteiger partial charge on any atom is -0.320 e. The van der Waals surface area contributed by atoms with Crippen molar-refractivity contribution >= 4 is 29.3 Å². The van der Waals surface area contributed by atoms with Gasteiger partial charge < -0.3 is 10.2 Å². The molecular weight excluding hydrogens is 326 g/mol. The van der Waals surface area contributed by atoms with Gasteiger partial charge in [0, 0.05) is 30.8 Å². The zero-order valence-electron chi connectivity index (χ0n) is 13.3. The van der Waals surface area contributed by atoms with Crippen molar-refractivity contribution in [3.05, 3.63) is 65.7 Å². The summed E-state index contributed by atoms with van der Waals surface area (Å²) in [5.41, 5.74) is 1.37. The van der Waals surface area contributed by atoms with Gasteiger partial charge in [0.05, 0.1) is 5.69 Å². The van der Waals surface area contributed by atoms with Gasteiger partial charge in [-0.15, -0.1) is 0 Å². The molecule has 1 heterocycles. The Morgan fingerprint density at radius 3 is 2.56 bits per heavy atom. The van der Waals surface area contributed by atoms with Crippen molar-refractivity contribution in [2.75, 3.05) is 16.8 Å². The van der Waals surface area contributed by atoms with Crippen molar-refractivity contribution in [2.45, 2.75) is 12.8 Å². The number of hydrogen-bond donors (Lipinski definition) is 1. The van der Waals surface area contributed by atoms with E-state index in [4.69, 9.17) is 0 Å². The third-order valence-electron chi connectivity index (χ3n) is 3.89. The lowest BCUT2D eigenvalue weighted by Crippen LogP contribution is -2.23. The monoisotopic (exact) mass is 342 g/mol. The number of nitrogens with zero attached hydrogens (tertiary/aromatic N) is 1. The second kappa shape index (κ2) is 7.25. The molecule has 0 bridgehead atoms. The molecule has 128 valence electrons. The normalized spacial score (nSPS) is 14.3. The van der Waals surface area contributed by atoms with Crippen molar-refractivity contribution in [1.29, 1.82) is 0 Å². The van der Waals surface area contributed by atoms with Crippen LogP contribution in [0.25, 0.3) is 6.08 Å². The van der Waals surface area contributed by atoms with Crippen LogP contribution in [0.3, 0.4) is 0 Å². The lowest BCUT2D eigenvalue weighted by molar-refractivity contribution is -0.117. The molecule has 1 saturated heterocycles. The highest BCUT2D eigenvalue weighted by Crippen LogP contribution is 2.22. The summed E-state index contributed by atoms with van der Waals surface area (Å²) in [5, 5.41) is 2.29. The van der Waals surface area contributed by atoms with E-state index in [0.717, 1.165) is 42.4 Å². The van der Waals surface area contributed by atoms with Crippen molar-refractivity contribution in [1.82, 2.24) is 0 Å². The molecule has 0 atom stereocenters. The van der Waals surface area contributed by atoms with E-state index in [-0.39, 0.29) is 11.6 Å². The predicted molar refractivity (Wildman–Crippen MR) is 92.1 cm³/mol. The van der Waals surface area contributed by atoms with Gasteiger partial charge in [0.15, 0.2) is 0 Å². The van der Waals surface area contributed by atoms with E-state index in [1.807, 2.05) is 12.1 Å². The Kier molecular flexibility index (Phi) is 4.88. The Morgan fingerprint density at radius 2 is 1.88 bits per heavy atom. The average molecular weight is 342 g/mol. The molecule has 2 amide bonds. The molecule has 0 aromatic heterocycles. The van der Waals surface area contributed by atoms with Gasteiger partial charge in [-0.3, -0.25) is 9.59 Å². The summed E-state index contributed by atoms with van der Waals surface area (Å²) < 4.78 is 26.6. The van der Waals surface area contributed by atoms with E-state index in [1.54, 1.807) is 23.1 Å². The van der Waals surface area contributed by atoms with Crippen LogP contribution in [0.4, 0.5) is 20.2 Å². The number of benzene rings is 2. The number of carbonyl (C=O) groups is 2. The van der Waals surface area contributed by atoms with Crippen molar-refractivity contribution in [2.24, 2.45) is 0 Å². The molecule has 0 unspecified atom stereocenters. The highest BCUT2D eigenvalue weighted by atomic mass is 19.1. The van der Waals surface area contributed by atoms with Gasteiger partial charge in [0.2, 0.25) is 11.8 Å². The molecule has 2 aromatic carbocycles. The van der Waals surface area contributed by atoms with Crippen LogP contribution >= 0.6 is 0 Å². The third kappa shape index (κ3) is 4.09. The predicted octanol–water partition coefficient (Wildman–Crippen LogP) is 3.74. The van der Waals surface area contributed by atoms with Crippen molar-refractivity contribution < 1.29 is 18.4 Å². The van der Waals surface area contributed by atoms with Gasteiger partial charge in [-0.2, -0.15) is 0 Å². The first-order chi connectivity index (χ1) is 12.0. The molecule has 0 radical (unpaired) electrons. The molecule has 0 saturated carbocycles. The standard InChI is InChI=1S/C19H16F2N2O2/c20-14-6-9-16(21)17(12-14)22-18(24)10-5-13-3-7-15(8-4-13)23-11-1-2-19(23)25/h3-10,12H,1-2,11H2,(H,22,24)/b10-5+. The summed E-state index contributed by atoms with van der Waals surface area (Å²) in [4.78, 5) is 25.3. The van der Waals surface area contributed by atoms with Gasteiger partial charge in [0.25, 0.3) is 0 Å². The lowest BCUT2D eigenvalue weighted by atomic mass is 10.2. The van der Waals surface area contributed by atoms with Gasteiger partial charge in [-0.25, -0.2) is 8.78 Å². The van der Waals surface area contributed by atoms with Crippen LogP contribution in [0.5, 0.6) is 0 Å². The molecule has 0 aliphatic carbocycles. The SMILES string of the molecule is O=C(/C=C/c1ccc(N2CCCC2=O)cc1)Nc1cc(F)ccc1F. The van der Waals surface area contributed by atoms with Gasteiger partial charge in [-0.05, 0) is 42.3 Å². The molecule has 1 N–H and O–H groups in total. The van der Waals surface area contributed by atoms with E-state index in [0.29, 0.717) is 6.42 Å². The first-order valence-corrected chi connectivity index (χ1v) is 7.87. The van der Waals surface area contributed by atoms with Crippen LogP contribution in [-0.4, -0.2) is 18.4 Å². The zero-order valence-corrected chi connectivity index (χ0v) is 13.3. The smallest absolute Gasteiger partial charge is 0.248 e. The molecule has 3 rings (SSSR count). The molecule has 1 aliphatic rings. The third-order valence-corrected chi connectivity index (χ3v) is 3.89. The van der Waals surface area contributed by atoms with Crippen LogP contribution < -0.4 is 10.2 Å². The Balaban J connectivity index is 1.64. The quantitative estimate of drug-likeness (QED) is 0.861. The largest absolute Gasteiger partial charge is 0.320 e. The van der Waals surface area contributed by atoms with Crippen LogP contribution in [-0.2, 0) is 9.59 Å². The van der Waals surface area contributed by atoms with Gasteiger partial charge in [-0.1, -0.05) is 12.1 Å². The second-order valence-corrected chi connectivity index (χ2v) is 5.69. The molecule has 6 heteroatoms. The maximum Gasteiger partial charge on any atom is 0.248 e. The molecule has 4 nitrogen and oxygen atoms in total. The Hall–Kier alpha value is -3.02. The van der Waals surface area contributed by atoms with Gasteiger partial charge >= 0.3 is 0 Å². The number of amides is 2. The fraction of sp³-hybridized carbons (Fsp3) is 0.158. The van der Waals surface area contributed by atoms with Crippen molar-refractivity contribution in [3.63, 3.8) is 0 Å². The maximum atomic E-state index is 13.5. The molecular formula is C19H16F2N2O2. The average Bonchev–Trinajstić information content (AvgIpc) is 3.03. The lowest BCUT2D eigenvalue weighted by Gasteiger charge is -2.15. The molecule has 1 fully saturated rings. The number of halogens is 2. The molecule has 25 heavy (non-hydrogen) atoms. The first kappa shape index (κ1) is 16.8. The van der Waals surface area contributed by atoms with E-state index in [2.05, 4.69) is 5.32 Å². The summed E-state index contributed by atoms with van der Waals surface area (Å²) in [6.07, 6.45) is 4.22. The number of rotatable bonds is 4. The topological polar surface area (TPSA) is 49.4 Å². The van der Waals surface area contributed by atoms with Crippen LogP contribution in [0.15, 0.2) is 48.5 Å². The van der Waals surface area contributed by atoms with Crippen LogP contribution in [0, 0.1) is 11.6 Å². The summed E-state index contributed by atoms with van der Waals surface area (Å²) in [6.45, 7) is 0.718. The summed E-state index contributed by atoms with van der Waals surface area (Å²) in [5.74, 6) is -1.79. The fourth-order valence-corrected chi connectivity index (χ4v) is 2.63. The zero-order chi connectivity index (χ0) is 17.8. The number of nitrogens with one attached hydrogen (secondary N) is 1. The van der Waals surface area contributed by atoms with E-state index in [9.17, 15) is 18.4 Å². The fourth-order valence-electron chi connectivity index (χ4n) is 2.63. The summed E-state index contributed by atoms with van der Waals surface area (Å²) in [7, 11) is 0.